The van der Waals surface area contributed by atoms with E-state index in [4.69, 9.17) is 9.47 Å². The fourth-order valence-corrected chi connectivity index (χ4v) is 3.55. The topological polar surface area (TPSA) is 59.6 Å². The molecule has 1 amide bonds. The Morgan fingerprint density at radius 3 is 2.41 bits per heavy atom. The first-order valence-corrected chi connectivity index (χ1v) is 10.2. The summed E-state index contributed by atoms with van der Waals surface area (Å²) in [5, 5.41) is 6.40. The minimum atomic E-state index is -0.0674. The fraction of sp³-hybridized carbons (Fsp3) is 0.375. The largest absolute Gasteiger partial charge is 0.493 e. The highest BCUT2D eigenvalue weighted by molar-refractivity contribution is 5.92. The van der Waals surface area contributed by atoms with E-state index in [9.17, 15) is 4.79 Å². The van der Waals surface area contributed by atoms with Crippen molar-refractivity contribution in [3.05, 3.63) is 59.7 Å². The van der Waals surface area contributed by atoms with Crippen LogP contribution in [0.25, 0.3) is 0 Å². The molecule has 0 saturated carbocycles. The van der Waals surface area contributed by atoms with Crippen molar-refractivity contribution in [2.75, 3.05) is 31.4 Å². The number of rotatable bonds is 9. The van der Waals surface area contributed by atoms with Gasteiger partial charge in [0.05, 0.1) is 20.6 Å². The van der Waals surface area contributed by atoms with Crippen LogP contribution in [0.4, 0.5) is 11.4 Å². The molecule has 0 aromatic heterocycles. The van der Waals surface area contributed by atoms with Crippen molar-refractivity contribution >= 4 is 17.3 Å². The first-order valence-electron chi connectivity index (χ1n) is 10.2. The maximum atomic E-state index is 12.4. The molecule has 0 spiro atoms. The van der Waals surface area contributed by atoms with E-state index in [0.717, 1.165) is 29.9 Å². The Bertz CT molecular complexity index is 844. The smallest absolute Gasteiger partial charge is 0.228 e. The summed E-state index contributed by atoms with van der Waals surface area (Å²) in [6.07, 6.45) is 8.89. The van der Waals surface area contributed by atoms with E-state index in [2.05, 4.69) is 16.7 Å². The van der Waals surface area contributed by atoms with Crippen molar-refractivity contribution in [2.45, 2.75) is 38.5 Å². The minimum absolute atomic E-state index is 0.0674. The molecule has 0 heterocycles. The first-order chi connectivity index (χ1) is 14.2. The molecule has 0 atom stereocenters. The van der Waals surface area contributed by atoms with E-state index in [1.807, 2.05) is 42.5 Å². The standard InChI is InChI=1S/C24H30N2O3/c1-28-22-13-8-19(16-23(22)29-2)17-24(27)26-21-11-9-20(10-12-21)25-15-14-18-6-4-3-5-7-18/h6,8-13,16,25H,3-5,7,14-15,17H2,1-2H3,(H,26,27). The molecule has 0 unspecified atom stereocenters. The maximum absolute atomic E-state index is 12.4. The molecule has 0 radical (unpaired) electrons. The predicted octanol–water partition coefficient (Wildman–Crippen LogP) is 5.19. The van der Waals surface area contributed by atoms with Gasteiger partial charge in [0.2, 0.25) is 5.91 Å². The Morgan fingerprint density at radius 1 is 0.966 bits per heavy atom. The third-order valence-electron chi connectivity index (χ3n) is 5.14. The minimum Gasteiger partial charge on any atom is -0.493 e. The van der Waals surface area contributed by atoms with Crippen molar-refractivity contribution in [3.63, 3.8) is 0 Å². The molecule has 5 nitrogen and oxygen atoms in total. The number of hydrogen-bond acceptors (Lipinski definition) is 4. The van der Waals surface area contributed by atoms with Gasteiger partial charge in [-0.05, 0) is 74.1 Å². The average Bonchev–Trinajstić information content (AvgIpc) is 2.75. The van der Waals surface area contributed by atoms with Crippen molar-refractivity contribution in [2.24, 2.45) is 0 Å². The van der Waals surface area contributed by atoms with Gasteiger partial charge < -0.3 is 20.1 Å². The SMILES string of the molecule is COc1ccc(CC(=O)Nc2ccc(NCCC3=CCCCC3)cc2)cc1OC. The second kappa shape index (κ2) is 10.6. The summed E-state index contributed by atoms with van der Waals surface area (Å²) in [5.74, 6) is 1.21. The maximum Gasteiger partial charge on any atom is 0.228 e. The highest BCUT2D eigenvalue weighted by Gasteiger charge is 2.09. The molecule has 154 valence electrons. The van der Waals surface area contributed by atoms with Crippen LogP contribution in [0.3, 0.4) is 0 Å². The van der Waals surface area contributed by atoms with Crippen LogP contribution in [0, 0.1) is 0 Å². The molecule has 2 aromatic carbocycles. The van der Waals surface area contributed by atoms with Crippen molar-refractivity contribution in [1.29, 1.82) is 0 Å². The molecule has 2 N–H and O–H groups in total. The van der Waals surface area contributed by atoms with Gasteiger partial charge >= 0.3 is 0 Å². The number of amides is 1. The molecule has 29 heavy (non-hydrogen) atoms. The summed E-state index contributed by atoms with van der Waals surface area (Å²) in [5.41, 5.74) is 4.30. The third kappa shape index (κ3) is 6.28. The first kappa shape index (κ1) is 20.8. The number of carbonyl (C=O) groups is 1. The number of ether oxygens (including phenoxy) is 2. The molecule has 0 bridgehead atoms. The lowest BCUT2D eigenvalue weighted by Crippen LogP contribution is -2.14. The molecule has 2 aromatic rings. The van der Waals surface area contributed by atoms with Gasteiger partial charge in [-0.1, -0.05) is 17.7 Å². The second-order valence-electron chi connectivity index (χ2n) is 7.28. The van der Waals surface area contributed by atoms with Gasteiger partial charge in [-0.3, -0.25) is 4.79 Å². The van der Waals surface area contributed by atoms with Crippen molar-refractivity contribution in [1.82, 2.24) is 0 Å². The van der Waals surface area contributed by atoms with Gasteiger partial charge in [-0.2, -0.15) is 0 Å². The number of hydrogen-bond donors (Lipinski definition) is 2. The summed E-state index contributed by atoms with van der Waals surface area (Å²) in [6, 6.07) is 13.4. The molecule has 0 saturated heterocycles. The van der Waals surface area contributed by atoms with Crippen molar-refractivity contribution < 1.29 is 14.3 Å². The summed E-state index contributed by atoms with van der Waals surface area (Å²) in [4.78, 5) is 12.4. The molecular weight excluding hydrogens is 364 g/mol. The number of carbonyl (C=O) groups excluding carboxylic acids is 1. The molecule has 5 heteroatoms. The third-order valence-corrected chi connectivity index (χ3v) is 5.14. The van der Waals surface area contributed by atoms with Gasteiger partial charge in [0.1, 0.15) is 0 Å². The Morgan fingerprint density at radius 2 is 1.72 bits per heavy atom. The Balaban J connectivity index is 1.47. The summed E-state index contributed by atoms with van der Waals surface area (Å²) < 4.78 is 10.5. The lowest BCUT2D eigenvalue weighted by Gasteiger charge is -2.14. The number of methoxy groups -OCH3 is 2. The van der Waals surface area contributed by atoms with Crippen LogP contribution in [0.5, 0.6) is 11.5 Å². The van der Waals surface area contributed by atoms with Crippen molar-refractivity contribution in [3.8, 4) is 11.5 Å². The number of anilines is 2. The normalized spacial score (nSPS) is 13.4. The molecular formula is C24H30N2O3. The monoisotopic (exact) mass is 394 g/mol. The van der Waals surface area contributed by atoms with Gasteiger partial charge in [-0.25, -0.2) is 0 Å². The van der Waals surface area contributed by atoms with Crippen LogP contribution in [0.1, 0.15) is 37.7 Å². The number of nitrogens with one attached hydrogen (secondary N) is 2. The number of benzene rings is 2. The molecule has 0 fully saturated rings. The van der Waals surface area contributed by atoms with E-state index < -0.39 is 0 Å². The summed E-state index contributed by atoms with van der Waals surface area (Å²) in [7, 11) is 3.18. The fourth-order valence-electron chi connectivity index (χ4n) is 3.55. The van der Waals surface area contributed by atoms with Crippen LogP contribution in [0.2, 0.25) is 0 Å². The van der Waals surface area contributed by atoms with Gasteiger partial charge in [-0.15, -0.1) is 0 Å². The number of allylic oxidation sites excluding steroid dienone is 1. The lowest BCUT2D eigenvalue weighted by molar-refractivity contribution is -0.115. The van der Waals surface area contributed by atoms with E-state index in [1.165, 1.54) is 25.7 Å². The summed E-state index contributed by atoms with van der Waals surface area (Å²) >= 11 is 0. The molecule has 0 aliphatic heterocycles. The molecule has 1 aliphatic rings. The Labute approximate surface area is 173 Å². The zero-order valence-corrected chi connectivity index (χ0v) is 17.3. The Hall–Kier alpha value is -2.95. The van der Waals surface area contributed by atoms with Crippen LogP contribution in [-0.4, -0.2) is 26.7 Å². The van der Waals surface area contributed by atoms with Crippen LogP contribution >= 0.6 is 0 Å². The van der Waals surface area contributed by atoms with Gasteiger partial charge in [0.25, 0.3) is 0 Å². The van der Waals surface area contributed by atoms with Gasteiger partial charge in [0, 0.05) is 17.9 Å². The van der Waals surface area contributed by atoms with Crippen LogP contribution in [0.15, 0.2) is 54.1 Å². The quantitative estimate of drug-likeness (QED) is 0.575. The Kier molecular flexibility index (Phi) is 7.56. The molecule has 3 rings (SSSR count). The highest BCUT2D eigenvalue weighted by atomic mass is 16.5. The van der Waals surface area contributed by atoms with E-state index >= 15 is 0 Å². The molecule has 1 aliphatic carbocycles. The van der Waals surface area contributed by atoms with E-state index in [0.29, 0.717) is 11.5 Å². The van der Waals surface area contributed by atoms with E-state index in [1.54, 1.807) is 19.8 Å². The van der Waals surface area contributed by atoms with Crippen LogP contribution < -0.4 is 20.1 Å². The summed E-state index contributed by atoms with van der Waals surface area (Å²) in [6.45, 7) is 0.941. The predicted molar refractivity (Wildman–Crippen MR) is 118 cm³/mol. The highest BCUT2D eigenvalue weighted by Crippen LogP contribution is 2.28. The zero-order valence-electron chi connectivity index (χ0n) is 17.3. The average molecular weight is 395 g/mol. The zero-order chi connectivity index (χ0) is 20.5. The second-order valence-corrected chi connectivity index (χ2v) is 7.28. The lowest BCUT2D eigenvalue weighted by atomic mass is 9.97. The van der Waals surface area contributed by atoms with Gasteiger partial charge in [0.15, 0.2) is 11.5 Å². The van der Waals surface area contributed by atoms with Crippen LogP contribution in [-0.2, 0) is 11.2 Å². The van der Waals surface area contributed by atoms with E-state index in [-0.39, 0.29) is 12.3 Å².